The molecule has 0 aliphatic carbocycles. The summed E-state index contributed by atoms with van der Waals surface area (Å²) in [6, 6.07) is 7.33. The van der Waals surface area contributed by atoms with Crippen molar-refractivity contribution in [1.82, 2.24) is 20.2 Å². The average Bonchev–Trinajstić information content (AvgIpc) is 2.56. The van der Waals surface area contributed by atoms with Gasteiger partial charge in [0.2, 0.25) is 0 Å². The molecule has 1 aromatic heterocycles. The van der Waals surface area contributed by atoms with Gasteiger partial charge in [-0.25, -0.2) is 4.98 Å². The van der Waals surface area contributed by atoms with Crippen molar-refractivity contribution in [3.8, 4) is 0 Å². The maximum absolute atomic E-state index is 12.2. The third kappa shape index (κ3) is 4.63. The summed E-state index contributed by atoms with van der Waals surface area (Å²) < 4.78 is 0. The van der Waals surface area contributed by atoms with Crippen LogP contribution in [0.25, 0.3) is 10.9 Å². The van der Waals surface area contributed by atoms with E-state index in [-0.39, 0.29) is 5.56 Å². The minimum absolute atomic E-state index is 0.119. The Bertz CT molecular complexity index is 741. The Kier molecular flexibility index (Phi) is 6.29. The van der Waals surface area contributed by atoms with E-state index in [2.05, 4.69) is 28.8 Å². The molecule has 0 saturated heterocycles. The first-order valence-corrected chi connectivity index (χ1v) is 8.18. The zero-order valence-corrected chi connectivity index (χ0v) is 14.2. The number of nitrogens with zero attached hydrogens (tertiary/aromatic N) is 2. The fraction of sp³-hybridized carbons (Fsp3) is 0.353. The van der Waals surface area contributed by atoms with Crippen molar-refractivity contribution in [3.63, 3.8) is 0 Å². The van der Waals surface area contributed by atoms with E-state index in [9.17, 15) is 4.79 Å². The molecule has 2 aromatic rings. The highest BCUT2D eigenvalue weighted by atomic mass is 32.1. The summed E-state index contributed by atoms with van der Waals surface area (Å²) in [7, 11) is 0. The SMILES string of the molecule is C=CCNC(=S)N(CCCC)Cc1nc2ccccc2c(=O)[nH]1. The van der Waals surface area contributed by atoms with Crippen LogP contribution in [0.15, 0.2) is 41.7 Å². The second-order valence-corrected chi connectivity index (χ2v) is 5.67. The number of aromatic nitrogens is 2. The summed E-state index contributed by atoms with van der Waals surface area (Å²) >= 11 is 5.43. The number of rotatable bonds is 7. The number of thiocarbonyl (C=S) groups is 1. The Morgan fingerprint density at radius 1 is 1.48 bits per heavy atom. The lowest BCUT2D eigenvalue weighted by atomic mass is 10.2. The van der Waals surface area contributed by atoms with Crippen molar-refractivity contribution in [3.05, 3.63) is 53.1 Å². The van der Waals surface area contributed by atoms with Gasteiger partial charge in [0.1, 0.15) is 5.82 Å². The van der Waals surface area contributed by atoms with E-state index < -0.39 is 0 Å². The van der Waals surface area contributed by atoms with Crippen molar-refractivity contribution in [2.75, 3.05) is 13.1 Å². The highest BCUT2D eigenvalue weighted by Crippen LogP contribution is 2.08. The Labute approximate surface area is 141 Å². The van der Waals surface area contributed by atoms with Crippen LogP contribution < -0.4 is 10.9 Å². The number of H-pyrrole nitrogens is 1. The molecule has 2 N–H and O–H groups in total. The molecule has 0 amide bonds. The van der Waals surface area contributed by atoms with Gasteiger partial charge in [0, 0.05) is 13.1 Å². The van der Waals surface area contributed by atoms with E-state index in [1.54, 1.807) is 12.1 Å². The molecule has 122 valence electrons. The minimum Gasteiger partial charge on any atom is -0.359 e. The molecular formula is C17H22N4OS. The van der Waals surface area contributed by atoms with Crippen LogP contribution in [0.1, 0.15) is 25.6 Å². The van der Waals surface area contributed by atoms with Crippen LogP contribution in [0.2, 0.25) is 0 Å². The molecule has 0 radical (unpaired) electrons. The van der Waals surface area contributed by atoms with Crippen molar-refractivity contribution in [2.24, 2.45) is 0 Å². The van der Waals surface area contributed by atoms with Crippen molar-refractivity contribution in [2.45, 2.75) is 26.3 Å². The van der Waals surface area contributed by atoms with Gasteiger partial charge in [-0.3, -0.25) is 4.79 Å². The lowest BCUT2D eigenvalue weighted by Crippen LogP contribution is -2.40. The summed E-state index contributed by atoms with van der Waals surface area (Å²) in [4.78, 5) is 21.6. The van der Waals surface area contributed by atoms with Crippen molar-refractivity contribution >= 4 is 28.2 Å². The van der Waals surface area contributed by atoms with Crippen molar-refractivity contribution in [1.29, 1.82) is 0 Å². The van der Waals surface area contributed by atoms with Crippen LogP contribution in [0.5, 0.6) is 0 Å². The van der Waals surface area contributed by atoms with E-state index in [0.29, 0.717) is 34.9 Å². The summed E-state index contributed by atoms with van der Waals surface area (Å²) in [6.07, 6.45) is 3.86. The first kappa shape index (κ1) is 17.1. The van der Waals surface area contributed by atoms with Crippen LogP contribution in [0, 0.1) is 0 Å². The molecule has 0 aliphatic heterocycles. The standard InChI is InChI=1S/C17H22N4OS/c1-3-5-11-21(17(23)18-10-4-2)12-15-19-14-9-7-6-8-13(14)16(22)20-15/h4,6-9H,2-3,5,10-12H2,1H3,(H,18,23)(H,19,20,22). The van der Waals surface area contributed by atoms with Crippen LogP contribution in [-0.4, -0.2) is 33.1 Å². The monoisotopic (exact) mass is 330 g/mol. The zero-order chi connectivity index (χ0) is 16.7. The van der Waals surface area contributed by atoms with E-state index >= 15 is 0 Å². The Balaban J connectivity index is 2.22. The van der Waals surface area contributed by atoms with Gasteiger partial charge < -0.3 is 15.2 Å². The largest absolute Gasteiger partial charge is 0.359 e. The highest BCUT2D eigenvalue weighted by molar-refractivity contribution is 7.80. The number of benzene rings is 1. The van der Waals surface area contributed by atoms with E-state index in [1.165, 1.54) is 0 Å². The number of para-hydroxylation sites is 1. The number of aromatic amines is 1. The maximum atomic E-state index is 12.2. The van der Waals surface area contributed by atoms with Crippen LogP contribution >= 0.6 is 12.2 Å². The van der Waals surface area contributed by atoms with Gasteiger partial charge in [0.15, 0.2) is 5.11 Å². The Morgan fingerprint density at radius 2 is 2.26 bits per heavy atom. The molecule has 0 fully saturated rings. The highest BCUT2D eigenvalue weighted by Gasteiger charge is 2.12. The lowest BCUT2D eigenvalue weighted by molar-refractivity contribution is 0.387. The Morgan fingerprint density at radius 3 is 3.00 bits per heavy atom. The predicted molar refractivity (Wildman–Crippen MR) is 98.5 cm³/mol. The van der Waals surface area contributed by atoms with Gasteiger partial charge in [-0.1, -0.05) is 31.6 Å². The molecule has 0 unspecified atom stereocenters. The van der Waals surface area contributed by atoms with Gasteiger partial charge in [0.05, 0.1) is 17.4 Å². The molecule has 1 aromatic carbocycles. The molecule has 23 heavy (non-hydrogen) atoms. The molecule has 0 spiro atoms. The quantitative estimate of drug-likeness (QED) is 0.603. The topological polar surface area (TPSA) is 61.0 Å². The minimum atomic E-state index is -0.119. The van der Waals surface area contributed by atoms with Gasteiger partial charge in [-0.05, 0) is 30.8 Å². The third-order valence-electron chi connectivity index (χ3n) is 3.47. The molecule has 0 bridgehead atoms. The third-order valence-corrected chi connectivity index (χ3v) is 3.87. The summed E-state index contributed by atoms with van der Waals surface area (Å²) in [5, 5.41) is 4.38. The van der Waals surface area contributed by atoms with Crippen molar-refractivity contribution < 1.29 is 0 Å². The smallest absolute Gasteiger partial charge is 0.258 e. The van der Waals surface area contributed by atoms with Crippen LogP contribution in [0.4, 0.5) is 0 Å². The molecule has 6 heteroatoms. The Hall–Kier alpha value is -2.21. The van der Waals surface area contributed by atoms with E-state index in [1.807, 2.05) is 23.1 Å². The van der Waals surface area contributed by atoms with Crippen LogP contribution in [0.3, 0.4) is 0 Å². The van der Waals surface area contributed by atoms with E-state index in [0.717, 1.165) is 19.4 Å². The fourth-order valence-corrected chi connectivity index (χ4v) is 2.50. The zero-order valence-electron chi connectivity index (χ0n) is 13.3. The molecule has 1 heterocycles. The number of hydrogen-bond donors (Lipinski definition) is 2. The van der Waals surface area contributed by atoms with Gasteiger partial charge in [-0.2, -0.15) is 0 Å². The second kappa shape index (κ2) is 8.43. The fourth-order valence-electron chi connectivity index (χ4n) is 2.26. The summed E-state index contributed by atoms with van der Waals surface area (Å²) in [5.41, 5.74) is 0.581. The van der Waals surface area contributed by atoms with Gasteiger partial charge in [-0.15, -0.1) is 6.58 Å². The number of hydrogen-bond acceptors (Lipinski definition) is 3. The predicted octanol–water partition coefficient (Wildman–Crippen LogP) is 2.59. The molecule has 2 rings (SSSR count). The van der Waals surface area contributed by atoms with E-state index in [4.69, 9.17) is 12.2 Å². The lowest BCUT2D eigenvalue weighted by Gasteiger charge is -2.25. The normalized spacial score (nSPS) is 10.5. The molecule has 0 atom stereocenters. The molecule has 0 aliphatic rings. The first-order chi connectivity index (χ1) is 11.2. The molecule has 0 saturated carbocycles. The maximum Gasteiger partial charge on any atom is 0.258 e. The van der Waals surface area contributed by atoms with Gasteiger partial charge in [0.25, 0.3) is 5.56 Å². The first-order valence-electron chi connectivity index (χ1n) is 7.77. The number of nitrogens with one attached hydrogen (secondary N) is 2. The summed E-state index contributed by atoms with van der Waals surface area (Å²) in [6.45, 7) is 7.72. The number of unbranched alkanes of at least 4 members (excludes halogenated alkanes) is 1. The number of fused-ring (bicyclic) bond motifs is 1. The molecule has 5 nitrogen and oxygen atoms in total. The van der Waals surface area contributed by atoms with Gasteiger partial charge >= 0.3 is 0 Å². The van der Waals surface area contributed by atoms with Crippen LogP contribution in [-0.2, 0) is 6.54 Å². The second-order valence-electron chi connectivity index (χ2n) is 5.28. The summed E-state index contributed by atoms with van der Waals surface area (Å²) in [5.74, 6) is 0.618. The molecular weight excluding hydrogens is 308 g/mol. The average molecular weight is 330 g/mol.